The molecule has 0 aliphatic carbocycles. The van der Waals surface area contributed by atoms with Gasteiger partial charge in [0.15, 0.2) is 0 Å². The Kier molecular flexibility index (Phi) is 4.64. The molecule has 0 spiro atoms. The zero-order valence-electron chi connectivity index (χ0n) is 13.8. The average molecular weight is 326 g/mol. The van der Waals surface area contributed by atoms with Gasteiger partial charge in [0.25, 0.3) is 0 Å². The molecule has 0 saturated carbocycles. The SMILES string of the molecule is C[C@@H]1CC[C@H](C(N)=O)CN1C(=O)Cc1cnn(-c2ccccc2)c1. The molecule has 0 radical (unpaired) electrons. The van der Waals surface area contributed by atoms with Crippen LogP contribution in [0.3, 0.4) is 0 Å². The lowest BCUT2D eigenvalue weighted by Gasteiger charge is -2.37. The first-order chi connectivity index (χ1) is 11.5. The van der Waals surface area contributed by atoms with Gasteiger partial charge in [-0.3, -0.25) is 9.59 Å². The standard InChI is InChI=1S/C18H22N4O2/c1-13-7-8-15(18(19)24)12-21(13)17(23)9-14-10-20-22(11-14)16-5-3-2-4-6-16/h2-6,10-11,13,15H,7-9,12H2,1H3,(H2,19,24)/t13-,15+/m1/s1. The summed E-state index contributed by atoms with van der Waals surface area (Å²) in [5.41, 5.74) is 7.22. The van der Waals surface area contributed by atoms with Crippen LogP contribution < -0.4 is 5.73 Å². The highest BCUT2D eigenvalue weighted by molar-refractivity contribution is 5.81. The van der Waals surface area contributed by atoms with Gasteiger partial charge in [-0.1, -0.05) is 18.2 Å². The van der Waals surface area contributed by atoms with Crippen molar-refractivity contribution in [3.05, 3.63) is 48.3 Å². The number of carbonyl (C=O) groups is 2. The van der Waals surface area contributed by atoms with Gasteiger partial charge in [0, 0.05) is 18.8 Å². The van der Waals surface area contributed by atoms with Crippen molar-refractivity contribution in [3.8, 4) is 5.69 Å². The average Bonchev–Trinajstić information content (AvgIpc) is 3.04. The summed E-state index contributed by atoms with van der Waals surface area (Å²) in [4.78, 5) is 25.8. The largest absolute Gasteiger partial charge is 0.369 e. The van der Waals surface area contributed by atoms with Crippen molar-refractivity contribution in [1.82, 2.24) is 14.7 Å². The number of piperidine rings is 1. The third-order valence-electron chi connectivity index (χ3n) is 4.62. The normalized spacial score (nSPS) is 20.8. The number of benzene rings is 1. The first kappa shape index (κ1) is 16.2. The highest BCUT2D eigenvalue weighted by Crippen LogP contribution is 2.22. The minimum atomic E-state index is -0.323. The van der Waals surface area contributed by atoms with E-state index in [0.717, 1.165) is 24.1 Å². The second-order valence-corrected chi connectivity index (χ2v) is 6.38. The van der Waals surface area contributed by atoms with E-state index in [2.05, 4.69) is 5.10 Å². The summed E-state index contributed by atoms with van der Waals surface area (Å²) in [6.45, 7) is 2.44. The van der Waals surface area contributed by atoms with E-state index in [9.17, 15) is 9.59 Å². The summed E-state index contributed by atoms with van der Waals surface area (Å²) in [5.74, 6) is -0.546. The van der Waals surface area contributed by atoms with Crippen LogP contribution in [0.4, 0.5) is 0 Å². The maximum absolute atomic E-state index is 12.6. The molecule has 3 rings (SSSR count). The maximum Gasteiger partial charge on any atom is 0.227 e. The molecule has 24 heavy (non-hydrogen) atoms. The van der Waals surface area contributed by atoms with Gasteiger partial charge in [-0.2, -0.15) is 5.10 Å². The Hall–Kier alpha value is -2.63. The molecular formula is C18H22N4O2. The zero-order chi connectivity index (χ0) is 17.1. The predicted octanol–water partition coefficient (Wildman–Crippen LogP) is 1.53. The minimum absolute atomic E-state index is 0.0149. The van der Waals surface area contributed by atoms with Crippen LogP contribution in [0.2, 0.25) is 0 Å². The smallest absolute Gasteiger partial charge is 0.227 e. The molecule has 2 N–H and O–H groups in total. The van der Waals surface area contributed by atoms with Gasteiger partial charge in [0.05, 0.1) is 24.2 Å². The number of carbonyl (C=O) groups excluding carboxylic acids is 2. The van der Waals surface area contributed by atoms with Crippen LogP contribution in [-0.4, -0.2) is 39.1 Å². The Morgan fingerprint density at radius 3 is 2.71 bits per heavy atom. The third kappa shape index (κ3) is 3.48. The van der Waals surface area contributed by atoms with Crippen LogP contribution in [0.1, 0.15) is 25.3 Å². The number of hydrogen-bond acceptors (Lipinski definition) is 3. The lowest BCUT2D eigenvalue weighted by molar-refractivity contribution is -0.136. The molecule has 1 fully saturated rings. The van der Waals surface area contributed by atoms with E-state index >= 15 is 0 Å². The molecule has 1 aliphatic heterocycles. The van der Waals surface area contributed by atoms with Gasteiger partial charge in [0.2, 0.25) is 11.8 Å². The zero-order valence-corrected chi connectivity index (χ0v) is 13.8. The lowest BCUT2D eigenvalue weighted by Crippen LogP contribution is -2.49. The lowest BCUT2D eigenvalue weighted by atomic mass is 9.92. The van der Waals surface area contributed by atoms with Gasteiger partial charge in [-0.05, 0) is 37.5 Å². The molecule has 1 aromatic carbocycles. The highest BCUT2D eigenvalue weighted by atomic mass is 16.2. The second kappa shape index (κ2) is 6.86. The molecule has 2 amide bonds. The van der Waals surface area contributed by atoms with E-state index in [1.165, 1.54) is 0 Å². The number of hydrogen-bond donors (Lipinski definition) is 1. The van der Waals surface area contributed by atoms with Crippen molar-refractivity contribution in [2.45, 2.75) is 32.2 Å². The van der Waals surface area contributed by atoms with Crippen molar-refractivity contribution in [1.29, 1.82) is 0 Å². The quantitative estimate of drug-likeness (QED) is 0.925. The van der Waals surface area contributed by atoms with E-state index in [4.69, 9.17) is 5.73 Å². The molecule has 0 bridgehead atoms. The molecule has 2 aromatic rings. The van der Waals surface area contributed by atoms with Crippen LogP contribution in [0.5, 0.6) is 0 Å². The number of nitrogens with zero attached hydrogens (tertiary/aromatic N) is 3. The first-order valence-electron chi connectivity index (χ1n) is 8.22. The van der Waals surface area contributed by atoms with E-state index in [1.54, 1.807) is 15.8 Å². The Bertz CT molecular complexity index is 726. The molecule has 6 nitrogen and oxygen atoms in total. The number of primary amides is 1. The fourth-order valence-electron chi connectivity index (χ4n) is 3.14. The number of rotatable bonds is 4. The summed E-state index contributed by atoms with van der Waals surface area (Å²) in [6, 6.07) is 9.90. The Labute approximate surface area is 141 Å². The second-order valence-electron chi connectivity index (χ2n) is 6.38. The Morgan fingerprint density at radius 1 is 1.25 bits per heavy atom. The molecule has 2 heterocycles. The maximum atomic E-state index is 12.6. The van der Waals surface area contributed by atoms with Crippen molar-refractivity contribution in [3.63, 3.8) is 0 Å². The highest BCUT2D eigenvalue weighted by Gasteiger charge is 2.31. The Balaban J connectivity index is 1.68. The van der Waals surface area contributed by atoms with Crippen molar-refractivity contribution >= 4 is 11.8 Å². The van der Waals surface area contributed by atoms with E-state index in [0.29, 0.717) is 6.54 Å². The number of aromatic nitrogens is 2. The summed E-state index contributed by atoms with van der Waals surface area (Å²) >= 11 is 0. The van der Waals surface area contributed by atoms with E-state index in [-0.39, 0.29) is 30.2 Å². The molecule has 126 valence electrons. The molecule has 1 aromatic heterocycles. The number of nitrogens with two attached hydrogens (primary N) is 1. The van der Waals surface area contributed by atoms with Crippen LogP contribution in [-0.2, 0) is 16.0 Å². The third-order valence-corrected chi connectivity index (χ3v) is 4.62. The molecule has 2 atom stereocenters. The minimum Gasteiger partial charge on any atom is -0.369 e. The van der Waals surface area contributed by atoms with Crippen molar-refractivity contribution < 1.29 is 9.59 Å². The monoisotopic (exact) mass is 326 g/mol. The molecule has 1 aliphatic rings. The fraction of sp³-hybridized carbons (Fsp3) is 0.389. The van der Waals surface area contributed by atoms with Crippen LogP contribution in [0.25, 0.3) is 5.69 Å². The van der Waals surface area contributed by atoms with Gasteiger partial charge < -0.3 is 10.6 Å². The topological polar surface area (TPSA) is 81.2 Å². The first-order valence-corrected chi connectivity index (χ1v) is 8.22. The number of amides is 2. The van der Waals surface area contributed by atoms with Crippen molar-refractivity contribution in [2.24, 2.45) is 11.7 Å². The van der Waals surface area contributed by atoms with Gasteiger partial charge in [-0.15, -0.1) is 0 Å². The van der Waals surface area contributed by atoms with E-state index < -0.39 is 0 Å². The Morgan fingerprint density at radius 2 is 2.00 bits per heavy atom. The number of para-hydroxylation sites is 1. The van der Waals surface area contributed by atoms with E-state index in [1.807, 2.05) is 43.5 Å². The molecule has 6 heteroatoms. The molecular weight excluding hydrogens is 304 g/mol. The summed E-state index contributed by atoms with van der Waals surface area (Å²) in [7, 11) is 0. The van der Waals surface area contributed by atoms with Gasteiger partial charge in [0.1, 0.15) is 0 Å². The summed E-state index contributed by atoms with van der Waals surface area (Å²) < 4.78 is 1.76. The molecule has 1 saturated heterocycles. The van der Waals surface area contributed by atoms with Crippen LogP contribution in [0.15, 0.2) is 42.7 Å². The summed E-state index contributed by atoms with van der Waals surface area (Å²) in [6.07, 6.45) is 5.43. The predicted molar refractivity (Wildman–Crippen MR) is 90.4 cm³/mol. The molecule has 0 unspecified atom stereocenters. The van der Waals surface area contributed by atoms with Crippen LogP contribution >= 0.6 is 0 Å². The number of likely N-dealkylation sites (tertiary alicyclic amines) is 1. The van der Waals surface area contributed by atoms with Gasteiger partial charge >= 0.3 is 0 Å². The van der Waals surface area contributed by atoms with Gasteiger partial charge in [-0.25, -0.2) is 4.68 Å². The van der Waals surface area contributed by atoms with Crippen molar-refractivity contribution in [2.75, 3.05) is 6.54 Å². The van der Waals surface area contributed by atoms with Crippen LogP contribution in [0, 0.1) is 5.92 Å². The fourth-order valence-corrected chi connectivity index (χ4v) is 3.14. The summed E-state index contributed by atoms with van der Waals surface area (Å²) in [5, 5.41) is 4.32.